The summed E-state index contributed by atoms with van der Waals surface area (Å²) in [6, 6.07) is 0. The average molecular weight is 296 g/mol. The number of rotatable bonds is 5. The van der Waals surface area contributed by atoms with E-state index >= 15 is 0 Å². The van der Waals surface area contributed by atoms with E-state index < -0.39 is 0 Å². The van der Waals surface area contributed by atoms with Crippen LogP contribution in [-0.2, 0) is 4.79 Å². The van der Waals surface area contributed by atoms with Crippen molar-refractivity contribution in [2.75, 3.05) is 13.1 Å². The van der Waals surface area contributed by atoms with Crippen LogP contribution in [0.3, 0.4) is 0 Å². The normalized spacial score (nSPS) is 23.9. The summed E-state index contributed by atoms with van der Waals surface area (Å²) in [4.78, 5) is 12.2. The highest BCUT2D eigenvalue weighted by Crippen LogP contribution is 2.36. The zero-order valence-electron chi connectivity index (χ0n) is 15.0. The van der Waals surface area contributed by atoms with Crippen molar-refractivity contribution < 1.29 is 4.79 Å². The predicted molar refractivity (Wildman–Crippen MR) is 90.3 cm³/mol. The fourth-order valence-corrected chi connectivity index (χ4v) is 3.26. The molecule has 0 atom stereocenters. The molecule has 0 saturated heterocycles. The molecule has 1 aliphatic carbocycles. The third kappa shape index (κ3) is 8.45. The van der Waals surface area contributed by atoms with E-state index in [0.717, 1.165) is 31.8 Å². The van der Waals surface area contributed by atoms with Gasteiger partial charge in [0.25, 0.3) is 0 Å². The van der Waals surface area contributed by atoms with Crippen molar-refractivity contribution in [2.45, 2.75) is 79.2 Å². The van der Waals surface area contributed by atoms with E-state index in [9.17, 15) is 4.79 Å². The monoisotopic (exact) mass is 296 g/mol. The molecule has 0 unspecified atom stereocenters. The lowest BCUT2D eigenvalue weighted by Gasteiger charge is -2.32. The topological polar surface area (TPSA) is 41.1 Å². The minimum Gasteiger partial charge on any atom is -0.355 e. The van der Waals surface area contributed by atoms with Crippen molar-refractivity contribution in [3.05, 3.63) is 0 Å². The van der Waals surface area contributed by atoms with E-state index in [1.165, 1.54) is 19.3 Å². The zero-order valence-corrected chi connectivity index (χ0v) is 15.0. The molecule has 0 bridgehead atoms. The maximum Gasteiger partial charge on any atom is 0.223 e. The summed E-state index contributed by atoms with van der Waals surface area (Å²) in [6.07, 6.45) is 5.86. The SMILES string of the molecule is CC(C)(C)CC1CCC(C(=O)NCCNC(C)(C)C)CC1. The second-order valence-electron chi connectivity index (χ2n) is 8.95. The summed E-state index contributed by atoms with van der Waals surface area (Å²) in [5, 5.41) is 6.48. The van der Waals surface area contributed by atoms with Crippen LogP contribution in [0.4, 0.5) is 0 Å². The molecule has 0 aromatic rings. The molecule has 0 aromatic carbocycles. The largest absolute Gasteiger partial charge is 0.355 e. The summed E-state index contributed by atoms with van der Waals surface area (Å²) in [7, 11) is 0. The quantitative estimate of drug-likeness (QED) is 0.759. The summed E-state index contributed by atoms with van der Waals surface area (Å²) in [6.45, 7) is 14.9. The summed E-state index contributed by atoms with van der Waals surface area (Å²) >= 11 is 0. The van der Waals surface area contributed by atoms with Crippen LogP contribution in [-0.4, -0.2) is 24.5 Å². The Balaban J connectivity index is 2.20. The van der Waals surface area contributed by atoms with Gasteiger partial charge in [-0.2, -0.15) is 0 Å². The van der Waals surface area contributed by atoms with Gasteiger partial charge in [0.1, 0.15) is 0 Å². The molecule has 21 heavy (non-hydrogen) atoms. The smallest absolute Gasteiger partial charge is 0.223 e. The molecule has 0 aliphatic heterocycles. The fraction of sp³-hybridized carbons (Fsp3) is 0.944. The van der Waals surface area contributed by atoms with Gasteiger partial charge in [-0.1, -0.05) is 20.8 Å². The lowest BCUT2D eigenvalue weighted by molar-refractivity contribution is -0.126. The highest BCUT2D eigenvalue weighted by molar-refractivity contribution is 5.78. The van der Waals surface area contributed by atoms with E-state index in [-0.39, 0.29) is 17.4 Å². The Labute approximate surface area is 131 Å². The molecular weight excluding hydrogens is 260 g/mol. The molecule has 1 amide bonds. The van der Waals surface area contributed by atoms with E-state index in [1.807, 2.05) is 0 Å². The van der Waals surface area contributed by atoms with Crippen molar-refractivity contribution >= 4 is 5.91 Å². The molecule has 3 nitrogen and oxygen atoms in total. The molecule has 0 spiro atoms. The predicted octanol–water partition coefficient (Wildman–Crippen LogP) is 3.73. The number of hydrogen-bond acceptors (Lipinski definition) is 2. The molecule has 1 saturated carbocycles. The van der Waals surface area contributed by atoms with Gasteiger partial charge in [0, 0.05) is 24.5 Å². The maximum absolute atomic E-state index is 12.2. The Bertz CT molecular complexity index is 317. The van der Waals surface area contributed by atoms with Crippen molar-refractivity contribution in [1.82, 2.24) is 10.6 Å². The van der Waals surface area contributed by atoms with Crippen LogP contribution in [0.1, 0.15) is 73.6 Å². The van der Waals surface area contributed by atoms with Gasteiger partial charge in [0.2, 0.25) is 5.91 Å². The second kappa shape index (κ2) is 7.62. The lowest BCUT2D eigenvalue weighted by atomic mass is 9.74. The van der Waals surface area contributed by atoms with Crippen molar-refractivity contribution in [3.63, 3.8) is 0 Å². The van der Waals surface area contributed by atoms with Gasteiger partial charge in [0.05, 0.1) is 0 Å². The Hall–Kier alpha value is -0.570. The zero-order chi connectivity index (χ0) is 16.1. The average Bonchev–Trinajstić information content (AvgIpc) is 2.32. The molecule has 3 heteroatoms. The van der Waals surface area contributed by atoms with Gasteiger partial charge in [0.15, 0.2) is 0 Å². The van der Waals surface area contributed by atoms with Gasteiger partial charge in [-0.15, -0.1) is 0 Å². The van der Waals surface area contributed by atoms with Crippen molar-refractivity contribution in [2.24, 2.45) is 17.3 Å². The third-order valence-electron chi connectivity index (χ3n) is 4.20. The first-order chi connectivity index (χ1) is 9.57. The standard InChI is InChI=1S/C18H36N2O/c1-17(2,3)13-14-7-9-15(10-8-14)16(21)19-11-12-20-18(4,5)6/h14-15,20H,7-13H2,1-6H3,(H,19,21). The van der Waals surface area contributed by atoms with E-state index in [2.05, 4.69) is 52.2 Å². The van der Waals surface area contributed by atoms with Crippen molar-refractivity contribution in [1.29, 1.82) is 0 Å². The van der Waals surface area contributed by atoms with Crippen LogP contribution in [0, 0.1) is 17.3 Å². The Kier molecular flexibility index (Phi) is 6.71. The van der Waals surface area contributed by atoms with Gasteiger partial charge in [-0.25, -0.2) is 0 Å². The van der Waals surface area contributed by atoms with Crippen molar-refractivity contribution in [3.8, 4) is 0 Å². The summed E-state index contributed by atoms with van der Waals surface area (Å²) < 4.78 is 0. The van der Waals surface area contributed by atoms with Crippen LogP contribution in [0.15, 0.2) is 0 Å². The van der Waals surface area contributed by atoms with Crippen LogP contribution in [0.2, 0.25) is 0 Å². The second-order valence-corrected chi connectivity index (χ2v) is 8.95. The van der Waals surface area contributed by atoms with Gasteiger partial charge >= 0.3 is 0 Å². The van der Waals surface area contributed by atoms with Gasteiger partial charge < -0.3 is 10.6 Å². The first-order valence-electron chi connectivity index (χ1n) is 8.59. The number of carbonyl (C=O) groups excluding carboxylic acids is 1. The van der Waals surface area contributed by atoms with Crippen LogP contribution in [0.25, 0.3) is 0 Å². The number of amides is 1. The highest BCUT2D eigenvalue weighted by Gasteiger charge is 2.28. The molecule has 1 rings (SSSR count). The fourth-order valence-electron chi connectivity index (χ4n) is 3.26. The van der Waals surface area contributed by atoms with E-state index in [4.69, 9.17) is 0 Å². The number of carbonyl (C=O) groups is 1. The number of hydrogen-bond donors (Lipinski definition) is 2. The first-order valence-corrected chi connectivity index (χ1v) is 8.59. The van der Waals surface area contributed by atoms with Crippen LogP contribution >= 0.6 is 0 Å². The molecule has 1 fully saturated rings. The minimum atomic E-state index is 0.121. The maximum atomic E-state index is 12.2. The Morgan fingerprint density at radius 2 is 1.52 bits per heavy atom. The molecule has 1 aliphatic rings. The molecule has 124 valence electrons. The molecule has 2 N–H and O–H groups in total. The summed E-state index contributed by atoms with van der Waals surface area (Å²) in [5.41, 5.74) is 0.536. The molecule has 0 heterocycles. The van der Waals surface area contributed by atoms with E-state index in [1.54, 1.807) is 0 Å². The highest BCUT2D eigenvalue weighted by atomic mass is 16.1. The van der Waals surface area contributed by atoms with E-state index in [0.29, 0.717) is 5.41 Å². The van der Waals surface area contributed by atoms with Crippen LogP contribution < -0.4 is 10.6 Å². The minimum absolute atomic E-state index is 0.121. The lowest BCUT2D eigenvalue weighted by Crippen LogP contribution is -2.42. The summed E-state index contributed by atoms with van der Waals surface area (Å²) in [5.74, 6) is 1.33. The molecule has 0 aromatic heterocycles. The Morgan fingerprint density at radius 3 is 2.00 bits per heavy atom. The first kappa shape index (κ1) is 18.5. The molecule has 0 radical (unpaired) electrons. The molecular formula is C18H36N2O. The van der Waals surface area contributed by atoms with Gasteiger partial charge in [-0.3, -0.25) is 4.79 Å². The Morgan fingerprint density at radius 1 is 0.952 bits per heavy atom. The van der Waals surface area contributed by atoms with Gasteiger partial charge in [-0.05, 0) is 64.2 Å². The number of nitrogens with one attached hydrogen (secondary N) is 2. The third-order valence-corrected chi connectivity index (χ3v) is 4.20. The van der Waals surface area contributed by atoms with Crippen LogP contribution in [0.5, 0.6) is 0 Å².